The van der Waals surface area contributed by atoms with E-state index >= 15 is 0 Å². The third kappa shape index (κ3) is 3.81. The monoisotopic (exact) mass is 378 g/mol. The number of rotatable bonds is 4. The van der Waals surface area contributed by atoms with Gasteiger partial charge >= 0.3 is 0 Å². The standard InChI is InChI=1S/C17H18N2O4S2/c1-12-3-9-15(10-4-12)25(21,22)18-17-19(16(20)11-24-17)13-5-7-14(23-2)8-6-13/h3-10,16,20H,11H2,1-2H3/b18-17-. The van der Waals surface area contributed by atoms with Crippen LogP contribution in [0.3, 0.4) is 0 Å². The van der Waals surface area contributed by atoms with Gasteiger partial charge in [0, 0.05) is 11.4 Å². The minimum atomic E-state index is -3.85. The predicted molar refractivity (Wildman–Crippen MR) is 99.7 cm³/mol. The summed E-state index contributed by atoms with van der Waals surface area (Å²) < 4.78 is 34.2. The fourth-order valence-electron chi connectivity index (χ4n) is 2.38. The molecule has 3 rings (SSSR count). The van der Waals surface area contributed by atoms with Gasteiger partial charge in [0.1, 0.15) is 12.0 Å². The second kappa shape index (κ2) is 7.07. The fourth-order valence-corrected chi connectivity index (χ4v) is 4.58. The molecule has 0 bridgehead atoms. The van der Waals surface area contributed by atoms with Gasteiger partial charge in [-0.1, -0.05) is 29.5 Å². The van der Waals surface area contributed by atoms with Crippen molar-refractivity contribution in [1.82, 2.24) is 0 Å². The van der Waals surface area contributed by atoms with Gasteiger partial charge in [0.25, 0.3) is 10.0 Å². The molecule has 0 spiro atoms. The van der Waals surface area contributed by atoms with Crippen molar-refractivity contribution in [3.63, 3.8) is 0 Å². The average Bonchev–Trinajstić information content (AvgIpc) is 2.95. The van der Waals surface area contributed by atoms with Crippen LogP contribution in [0.5, 0.6) is 5.75 Å². The average molecular weight is 378 g/mol. The molecular weight excluding hydrogens is 360 g/mol. The molecule has 132 valence electrons. The maximum atomic E-state index is 12.6. The van der Waals surface area contributed by atoms with E-state index in [0.717, 1.165) is 5.56 Å². The molecule has 1 unspecified atom stereocenters. The molecule has 1 aliphatic rings. The molecule has 0 amide bonds. The molecule has 0 aromatic heterocycles. The maximum Gasteiger partial charge on any atom is 0.284 e. The Kier molecular flexibility index (Phi) is 5.03. The molecule has 0 aliphatic carbocycles. The fraction of sp³-hybridized carbons (Fsp3) is 0.235. The minimum absolute atomic E-state index is 0.127. The molecule has 1 aliphatic heterocycles. The van der Waals surface area contributed by atoms with Crippen molar-refractivity contribution in [3.8, 4) is 5.75 Å². The Hall–Kier alpha value is -2.03. The van der Waals surface area contributed by atoms with E-state index in [1.807, 2.05) is 6.92 Å². The number of hydrogen-bond donors (Lipinski definition) is 1. The van der Waals surface area contributed by atoms with Crippen LogP contribution in [-0.4, -0.2) is 37.8 Å². The van der Waals surface area contributed by atoms with Gasteiger partial charge in [0.2, 0.25) is 0 Å². The van der Waals surface area contributed by atoms with Crippen molar-refractivity contribution >= 4 is 32.6 Å². The molecule has 1 fully saturated rings. The lowest BCUT2D eigenvalue weighted by Gasteiger charge is -2.22. The summed E-state index contributed by atoms with van der Waals surface area (Å²) in [5.41, 5.74) is 1.62. The van der Waals surface area contributed by atoms with E-state index in [1.165, 1.54) is 28.8 Å². The Bertz CT molecular complexity index is 878. The number of amidine groups is 1. The van der Waals surface area contributed by atoms with E-state index in [9.17, 15) is 13.5 Å². The summed E-state index contributed by atoms with van der Waals surface area (Å²) in [6.45, 7) is 1.89. The lowest BCUT2D eigenvalue weighted by Crippen LogP contribution is -2.34. The lowest BCUT2D eigenvalue weighted by molar-refractivity contribution is 0.213. The molecule has 1 N–H and O–H groups in total. The zero-order chi connectivity index (χ0) is 18.0. The Morgan fingerprint density at radius 3 is 2.40 bits per heavy atom. The Morgan fingerprint density at radius 1 is 1.16 bits per heavy atom. The number of anilines is 1. The summed E-state index contributed by atoms with van der Waals surface area (Å²) in [4.78, 5) is 1.64. The molecule has 2 aromatic rings. The first kappa shape index (κ1) is 17.8. The maximum absolute atomic E-state index is 12.6. The molecule has 0 saturated carbocycles. The van der Waals surface area contributed by atoms with Crippen LogP contribution in [-0.2, 0) is 10.0 Å². The molecule has 1 saturated heterocycles. The number of aryl methyl sites for hydroxylation is 1. The van der Waals surface area contributed by atoms with Crippen molar-refractivity contribution in [1.29, 1.82) is 0 Å². The smallest absolute Gasteiger partial charge is 0.284 e. The summed E-state index contributed by atoms with van der Waals surface area (Å²) >= 11 is 1.20. The highest BCUT2D eigenvalue weighted by Gasteiger charge is 2.32. The number of benzene rings is 2. The molecule has 1 heterocycles. The highest BCUT2D eigenvalue weighted by Crippen LogP contribution is 2.31. The summed E-state index contributed by atoms with van der Waals surface area (Å²) in [6.07, 6.45) is -0.842. The molecule has 2 aromatic carbocycles. The van der Waals surface area contributed by atoms with Crippen LogP contribution in [0.2, 0.25) is 0 Å². The second-order valence-corrected chi connectivity index (χ2v) is 8.11. The van der Waals surface area contributed by atoms with Gasteiger partial charge in [0.15, 0.2) is 5.17 Å². The van der Waals surface area contributed by atoms with Crippen molar-refractivity contribution in [2.75, 3.05) is 17.8 Å². The first-order valence-electron chi connectivity index (χ1n) is 7.56. The van der Waals surface area contributed by atoms with Crippen LogP contribution >= 0.6 is 11.8 Å². The quantitative estimate of drug-likeness (QED) is 0.881. The molecule has 1 atom stereocenters. The van der Waals surface area contributed by atoms with Crippen LogP contribution in [0.25, 0.3) is 0 Å². The van der Waals surface area contributed by atoms with Crippen LogP contribution in [0.1, 0.15) is 5.56 Å². The number of aliphatic hydroxyl groups is 1. The van der Waals surface area contributed by atoms with Crippen molar-refractivity contribution in [3.05, 3.63) is 54.1 Å². The summed E-state index contributed by atoms with van der Waals surface area (Å²) in [6, 6.07) is 13.5. The number of hydrogen-bond acceptors (Lipinski definition) is 5. The zero-order valence-electron chi connectivity index (χ0n) is 13.8. The number of ether oxygens (including phenoxy) is 1. The number of methoxy groups -OCH3 is 1. The van der Waals surface area contributed by atoms with Gasteiger partial charge in [-0.2, -0.15) is 8.42 Å². The van der Waals surface area contributed by atoms with E-state index in [2.05, 4.69) is 4.40 Å². The number of sulfonamides is 1. The molecule has 6 nitrogen and oxygen atoms in total. The van der Waals surface area contributed by atoms with Gasteiger partial charge < -0.3 is 9.84 Å². The SMILES string of the molecule is COc1ccc(N2/C(=N/S(=O)(=O)c3ccc(C)cc3)SCC2O)cc1. The van der Waals surface area contributed by atoms with Crippen molar-refractivity contribution < 1.29 is 18.3 Å². The Morgan fingerprint density at radius 2 is 1.80 bits per heavy atom. The van der Waals surface area contributed by atoms with Gasteiger partial charge in [-0.3, -0.25) is 4.90 Å². The van der Waals surface area contributed by atoms with Gasteiger partial charge in [-0.05, 0) is 43.3 Å². The van der Waals surface area contributed by atoms with E-state index in [1.54, 1.807) is 43.5 Å². The van der Waals surface area contributed by atoms with E-state index in [4.69, 9.17) is 4.74 Å². The van der Waals surface area contributed by atoms with Crippen LogP contribution in [0.15, 0.2) is 57.8 Å². The molecular formula is C17H18N2O4S2. The third-order valence-electron chi connectivity index (χ3n) is 3.73. The van der Waals surface area contributed by atoms with Crippen LogP contribution < -0.4 is 9.64 Å². The second-order valence-electron chi connectivity index (χ2n) is 5.52. The summed E-state index contributed by atoms with van der Waals surface area (Å²) in [5.74, 6) is 1.02. The zero-order valence-corrected chi connectivity index (χ0v) is 15.4. The lowest BCUT2D eigenvalue weighted by atomic mass is 10.2. The van der Waals surface area contributed by atoms with E-state index in [-0.39, 0.29) is 10.1 Å². The van der Waals surface area contributed by atoms with Gasteiger partial charge in [0.05, 0.1) is 12.0 Å². The molecule has 8 heteroatoms. The van der Waals surface area contributed by atoms with Crippen molar-refractivity contribution in [2.45, 2.75) is 18.0 Å². The van der Waals surface area contributed by atoms with E-state index < -0.39 is 16.3 Å². The van der Waals surface area contributed by atoms with E-state index in [0.29, 0.717) is 17.2 Å². The third-order valence-corrected chi connectivity index (χ3v) is 6.14. The summed E-state index contributed by atoms with van der Waals surface area (Å²) in [7, 11) is -2.28. The summed E-state index contributed by atoms with van der Waals surface area (Å²) in [5, 5.41) is 10.5. The minimum Gasteiger partial charge on any atom is -0.497 e. The van der Waals surface area contributed by atoms with Gasteiger partial charge in [-0.15, -0.1) is 4.40 Å². The van der Waals surface area contributed by atoms with Crippen LogP contribution in [0.4, 0.5) is 5.69 Å². The highest BCUT2D eigenvalue weighted by atomic mass is 32.2. The normalized spacial score (nSPS) is 19.4. The number of thioether (sulfide) groups is 1. The number of nitrogens with zero attached hydrogens (tertiary/aromatic N) is 2. The number of aliphatic hydroxyl groups excluding tert-OH is 1. The Balaban J connectivity index is 1.96. The van der Waals surface area contributed by atoms with Gasteiger partial charge in [-0.25, -0.2) is 0 Å². The van der Waals surface area contributed by atoms with Crippen molar-refractivity contribution in [2.24, 2.45) is 4.40 Å². The Labute approximate surface area is 151 Å². The topological polar surface area (TPSA) is 79.2 Å². The first-order chi connectivity index (χ1) is 11.9. The molecule has 25 heavy (non-hydrogen) atoms. The molecule has 0 radical (unpaired) electrons. The predicted octanol–water partition coefficient (Wildman–Crippen LogP) is 2.62. The first-order valence-corrected chi connectivity index (χ1v) is 9.99. The van der Waals surface area contributed by atoms with Crippen LogP contribution in [0, 0.1) is 6.92 Å². The largest absolute Gasteiger partial charge is 0.497 e. The highest BCUT2D eigenvalue weighted by molar-refractivity contribution is 8.15.